The van der Waals surface area contributed by atoms with Gasteiger partial charge in [0.2, 0.25) is 0 Å². The van der Waals surface area contributed by atoms with Gasteiger partial charge in [-0.25, -0.2) is 0 Å². The molecule has 2 rings (SSSR count). The molecule has 0 bridgehead atoms. The largest absolute Gasteiger partial charge is 0.326 e. The van der Waals surface area contributed by atoms with Crippen molar-refractivity contribution in [2.75, 3.05) is 33.7 Å². The second-order valence-corrected chi connectivity index (χ2v) is 6.49. The monoisotopic (exact) mass is 253 g/mol. The van der Waals surface area contributed by atoms with Gasteiger partial charge >= 0.3 is 0 Å². The molecule has 2 aliphatic rings. The summed E-state index contributed by atoms with van der Waals surface area (Å²) in [5.74, 6) is 0.756. The maximum absolute atomic E-state index is 6.65. The van der Waals surface area contributed by atoms with E-state index in [0.717, 1.165) is 12.5 Å². The fourth-order valence-electron chi connectivity index (χ4n) is 3.73. The summed E-state index contributed by atoms with van der Waals surface area (Å²) in [4.78, 5) is 4.98. The van der Waals surface area contributed by atoms with Gasteiger partial charge in [0, 0.05) is 18.6 Å². The van der Waals surface area contributed by atoms with Crippen molar-refractivity contribution in [2.45, 2.75) is 57.0 Å². The van der Waals surface area contributed by atoms with Gasteiger partial charge in [0.15, 0.2) is 0 Å². The van der Waals surface area contributed by atoms with Crippen LogP contribution in [0.4, 0.5) is 0 Å². The van der Waals surface area contributed by atoms with Gasteiger partial charge in [-0.15, -0.1) is 0 Å². The summed E-state index contributed by atoms with van der Waals surface area (Å²) in [5, 5.41) is 0. The molecule has 2 atom stereocenters. The second-order valence-electron chi connectivity index (χ2n) is 6.49. The summed E-state index contributed by atoms with van der Waals surface area (Å²) in [5.41, 5.74) is 6.65. The van der Waals surface area contributed by atoms with Crippen LogP contribution < -0.4 is 5.73 Å². The third-order valence-corrected chi connectivity index (χ3v) is 5.00. The molecule has 0 amide bonds. The first-order valence-corrected chi connectivity index (χ1v) is 7.83. The maximum Gasteiger partial charge on any atom is 0.0373 e. The Balaban J connectivity index is 1.97. The second kappa shape index (κ2) is 6.88. The third-order valence-electron chi connectivity index (χ3n) is 5.00. The quantitative estimate of drug-likeness (QED) is 0.763. The van der Waals surface area contributed by atoms with Crippen LogP contribution >= 0.6 is 0 Å². The highest BCUT2D eigenvalue weighted by atomic mass is 15.2. The molecule has 3 nitrogen and oxygen atoms in total. The van der Waals surface area contributed by atoms with E-state index >= 15 is 0 Å². The van der Waals surface area contributed by atoms with Crippen molar-refractivity contribution in [1.29, 1.82) is 0 Å². The highest BCUT2D eigenvalue weighted by Gasteiger charge is 2.31. The number of nitrogens with zero attached hydrogens (tertiary/aromatic N) is 2. The van der Waals surface area contributed by atoms with Crippen molar-refractivity contribution in [2.24, 2.45) is 11.7 Å². The molecule has 18 heavy (non-hydrogen) atoms. The summed E-state index contributed by atoms with van der Waals surface area (Å²) in [7, 11) is 4.51. The molecule has 1 saturated heterocycles. The molecule has 3 heteroatoms. The van der Waals surface area contributed by atoms with E-state index in [-0.39, 0.29) is 0 Å². The average Bonchev–Trinajstić information content (AvgIpc) is 2.70. The van der Waals surface area contributed by atoms with Crippen LogP contribution in [0.3, 0.4) is 0 Å². The van der Waals surface area contributed by atoms with Gasteiger partial charge < -0.3 is 15.5 Å². The zero-order valence-electron chi connectivity index (χ0n) is 12.3. The first-order chi connectivity index (χ1) is 8.68. The van der Waals surface area contributed by atoms with Gasteiger partial charge in [-0.1, -0.05) is 25.7 Å². The van der Waals surface area contributed by atoms with E-state index in [0.29, 0.717) is 12.1 Å². The Morgan fingerprint density at radius 2 is 1.61 bits per heavy atom. The number of likely N-dealkylation sites (N-methyl/N-ethyl adjacent to an activating group) is 2. The van der Waals surface area contributed by atoms with Crippen LogP contribution in [0.1, 0.15) is 44.9 Å². The Labute approximate surface area is 113 Å². The predicted octanol–water partition coefficient (Wildman–Crippen LogP) is 1.92. The summed E-state index contributed by atoms with van der Waals surface area (Å²) in [6, 6.07) is 0.925. The minimum absolute atomic E-state index is 0.369. The number of hydrogen-bond donors (Lipinski definition) is 1. The van der Waals surface area contributed by atoms with Crippen molar-refractivity contribution in [3.8, 4) is 0 Å². The molecule has 1 saturated carbocycles. The standard InChI is InChI=1S/C15H31N3/c1-17-10-7-11-18(2)14(12-17)15(16)13-8-5-3-4-6-9-13/h13-15H,3-12,16H2,1-2H3. The summed E-state index contributed by atoms with van der Waals surface area (Å²) >= 11 is 0. The number of nitrogens with two attached hydrogens (primary N) is 1. The molecule has 2 N–H and O–H groups in total. The van der Waals surface area contributed by atoms with Crippen LogP contribution in [-0.2, 0) is 0 Å². The van der Waals surface area contributed by atoms with Gasteiger partial charge in [0.1, 0.15) is 0 Å². The van der Waals surface area contributed by atoms with Crippen molar-refractivity contribution in [1.82, 2.24) is 9.80 Å². The SMILES string of the molecule is CN1CCCN(C)C(C(N)C2CCCCCC2)C1. The highest BCUT2D eigenvalue weighted by molar-refractivity contribution is 4.90. The molecule has 106 valence electrons. The number of hydrogen-bond acceptors (Lipinski definition) is 3. The Morgan fingerprint density at radius 1 is 0.944 bits per heavy atom. The average molecular weight is 253 g/mol. The zero-order valence-corrected chi connectivity index (χ0v) is 12.3. The molecule has 1 aliphatic carbocycles. The first kappa shape index (κ1) is 14.3. The molecule has 0 spiro atoms. The third kappa shape index (κ3) is 3.69. The Hall–Kier alpha value is -0.120. The molecule has 2 fully saturated rings. The predicted molar refractivity (Wildman–Crippen MR) is 77.7 cm³/mol. The van der Waals surface area contributed by atoms with Gasteiger partial charge in [0.05, 0.1) is 0 Å². The van der Waals surface area contributed by atoms with Crippen molar-refractivity contribution >= 4 is 0 Å². The van der Waals surface area contributed by atoms with Gasteiger partial charge in [0.25, 0.3) is 0 Å². The number of rotatable bonds is 2. The van der Waals surface area contributed by atoms with E-state index in [1.54, 1.807) is 0 Å². The normalized spacial score (nSPS) is 31.8. The van der Waals surface area contributed by atoms with Crippen LogP contribution in [0.25, 0.3) is 0 Å². The minimum atomic E-state index is 0.369. The minimum Gasteiger partial charge on any atom is -0.326 e. The van der Waals surface area contributed by atoms with Crippen molar-refractivity contribution in [3.05, 3.63) is 0 Å². The summed E-state index contributed by atoms with van der Waals surface area (Å²) in [6.45, 7) is 3.57. The topological polar surface area (TPSA) is 32.5 Å². The van der Waals surface area contributed by atoms with E-state index in [4.69, 9.17) is 5.73 Å². The lowest BCUT2D eigenvalue weighted by atomic mass is 9.87. The Morgan fingerprint density at radius 3 is 2.28 bits per heavy atom. The summed E-state index contributed by atoms with van der Waals surface area (Å²) in [6.07, 6.45) is 9.62. The first-order valence-electron chi connectivity index (χ1n) is 7.83. The lowest BCUT2D eigenvalue weighted by Crippen LogP contribution is -2.53. The molecule has 0 aromatic rings. The van der Waals surface area contributed by atoms with Crippen LogP contribution in [0.15, 0.2) is 0 Å². The highest BCUT2D eigenvalue weighted by Crippen LogP contribution is 2.27. The lowest BCUT2D eigenvalue weighted by Gasteiger charge is -2.36. The Bertz CT molecular complexity index is 236. The molecular formula is C15H31N3. The smallest absolute Gasteiger partial charge is 0.0373 e. The van der Waals surface area contributed by atoms with E-state index < -0.39 is 0 Å². The molecule has 0 radical (unpaired) electrons. The van der Waals surface area contributed by atoms with E-state index in [1.165, 1.54) is 58.0 Å². The molecule has 0 aromatic heterocycles. The summed E-state index contributed by atoms with van der Waals surface area (Å²) < 4.78 is 0. The van der Waals surface area contributed by atoms with E-state index in [1.807, 2.05) is 0 Å². The van der Waals surface area contributed by atoms with E-state index in [2.05, 4.69) is 23.9 Å². The Kier molecular flexibility index (Phi) is 5.46. The van der Waals surface area contributed by atoms with Crippen molar-refractivity contribution < 1.29 is 0 Å². The van der Waals surface area contributed by atoms with Crippen LogP contribution in [0.5, 0.6) is 0 Å². The lowest BCUT2D eigenvalue weighted by molar-refractivity contribution is 0.159. The molecule has 0 aromatic carbocycles. The molecule has 1 aliphatic heterocycles. The van der Waals surface area contributed by atoms with Crippen molar-refractivity contribution in [3.63, 3.8) is 0 Å². The molecular weight excluding hydrogens is 222 g/mol. The van der Waals surface area contributed by atoms with Gasteiger partial charge in [-0.2, -0.15) is 0 Å². The van der Waals surface area contributed by atoms with Gasteiger partial charge in [-0.3, -0.25) is 0 Å². The molecule has 2 unspecified atom stereocenters. The van der Waals surface area contributed by atoms with Crippen LogP contribution in [-0.4, -0.2) is 55.6 Å². The zero-order chi connectivity index (χ0) is 13.0. The molecule has 1 heterocycles. The van der Waals surface area contributed by atoms with Crippen LogP contribution in [0.2, 0.25) is 0 Å². The maximum atomic E-state index is 6.65. The fourth-order valence-corrected chi connectivity index (χ4v) is 3.73. The fraction of sp³-hybridized carbons (Fsp3) is 1.00. The van der Waals surface area contributed by atoms with Gasteiger partial charge in [-0.05, 0) is 52.4 Å². The van der Waals surface area contributed by atoms with Crippen LogP contribution in [0, 0.1) is 5.92 Å². The van der Waals surface area contributed by atoms with E-state index in [9.17, 15) is 0 Å².